The topological polar surface area (TPSA) is 29.5 Å². The minimum atomic E-state index is 0.204. The molecule has 0 spiro atoms. The van der Waals surface area contributed by atoms with Crippen molar-refractivity contribution in [3.05, 3.63) is 29.8 Å². The molecule has 106 valence electrons. The number of hydrogen-bond acceptors (Lipinski definition) is 3. The van der Waals surface area contributed by atoms with Gasteiger partial charge in [-0.1, -0.05) is 13.8 Å². The maximum Gasteiger partial charge on any atom is 0.162 e. The van der Waals surface area contributed by atoms with Gasteiger partial charge in [-0.25, -0.2) is 0 Å². The Morgan fingerprint density at radius 1 is 1.26 bits per heavy atom. The van der Waals surface area contributed by atoms with E-state index in [9.17, 15) is 4.79 Å². The number of carbonyl (C=O) groups is 1. The highest BCUT2D eigenvalue weighted by Crippen LogP contribution is 2.15. The lowest BCUT2D eigenvalue weighted by Gasteiger charge is -2.17. The number of ketones is 1. The molecule has 1 aromatic rings. The Morgan fingerprint density at radius 2 is 1.89 bits per heavy atom. The van der Waals surface area contributed by atoms with E-state index in [0.717, 1.165) is 24.3 Å². The zero-order valence-corrected chi connectivity index (χ0v) is 12.5. The fraction of sp³-hybridized carbons (Fsp3) is 0.562. The lowest BCUT2D eigenvalue weighted by Crippen LogP contribution is -2.24. The summed E-state index contributed by atoms with van der Waals surface area (Å²) in [5.41, 5.74) is 0.774. The Kier molecular flexibility index (Phi) is 6.57. The van der Waals surface area contributed by atoms with Crippen molar-refractivity contribution in [2.75, 3.05) is 27.2 Å². The number of benzene rings is 1. The highest BCUT2D eigenvalue weighted by atomic mass is 16.5. The second kappa shape index (κ2) is 7.95. The highest BCUT2D eigenvalue weighted by molar-refractivity contribution is 5.96. The molecule has 0 amide bonds. The van der Waals surface area contributed by atoms with Crippen LogP contribution < -0.4 is 4.74 Å². The summed E-state index contributed by atoms with van der Waals surface area (Å²) in [5, 5.41) is 0. The molecule has 0 saturated heterocycles. The van der Waals surface area contributed by atoms with Crippen LogP contribution in [0.25, 0.3) is 0 Å². The van der Waals surface area contributed by atoms with Gasteiger partial charge in [-0.05, 0) is 44.8 Å². The van der Waals surface area contributed by atoms with Crippen molar-refractivity contribution in [2.45, 2.75) is 26.7 Å². The van der Waals surface area contributed by atoms with E-state index in [0.29, 0.717) is 18.9 Å². The summed E-state index contributed by atoms with van der Waals surface area (Å²) in [6.45, 7) is 5.88. The standard InChI is InChI=1S/C16H25NO2/c1-5-6-16(18)14-7-9-15(10-8-14)19-12-13(2)11-17(3)4/h7-10,13H,5-6,11-12H2,1-4H3. The molecule has 1 rings (SSSR count). The number of hydrogen-bond donors (Lipinski definition) is 0. The number of nitrogens with zero attached hydrogens (tertiary/aromatic N) is 1. The van der Waals surface area contributed by atoms with E-state index in [1.165, 1.54) is 0 Å². The van der Waals surface area contributed by atoms with Crippen LogP contribution in [-0.2, 0) is 0 Å². The van der Waals surface area contributed by atoms with Crippen LogP contribution in [0.1, 0.15) is 37.0 Å². The normalized spacial score (nSPS) is 12.5. The molecule has 0 saturated carbocycles. The first-order chi connectivity index (χ1) is 9.02. The SMILES string of the molecule is CCCC(=O)c1ccc(OCC(C)CN(C)C)cc1. The van der Waals surface area contributed by atoms with Crippen LogP contribution in [0.15, 0.2) is 24.3 Å². The van der Waals surface area contributed by atoms with Gasteiger partial charge in [0.15, 0.2) is 5.78 Å². The number of Topliss-reactive ketones (excluding diaryl/α,β-unsaturated/α-hetero) is 1. The quantitative estimate of drug-likeness (QED) is 0.674. The van der Waals surface area contributed by atoms with Crippen molar-refractivity contribution in [1.29, 1.82) is 0 Å². The van der Waals surface area contributed by atoms with E-state index in [1.54, 1.807) is 0 Å². The summed E-state index contributed by atoms with van der Waals surface area (Å²) in [6.07, 6.45) is 1.50. The molecule has 0 N–H and O–H groups in total. The molecule has 0 fully saturated rings. The van der Waals surface area contributed by atoms with Crippen LogP contribution in [0.4, 0.5) is 0 Å². The average Bonchev–Trinajstić information content (AvgIpc) is 2.36. The Balaban J connectivity index is 2.46. The number of rotatable bonds is 8. The number of ether oxygens (including phenoxy) is 1. The van der Waals surface area contributed by atoms with Gasteiger partial charge in [0.25, 0.3) is 0 Å². The minimum absolute atomic E-state index is 0.204. The molecule has 0 aromatic heterocycles. The second-order valence-corrected chi connectivity index (χ2v) is 5.38. The summed E-state index contributed by atoms with van der Waals surface area (Å²) >= 11 is 0. The zero-order valence-electron chi connectivity index (χ0n) is 12.5. The Morgan fingerprint density at radius 3 is 2.42 bits per heavy atom. The third kappa shape index (κ3) is 5.88. The summed E-state index contributed by atoms with van der Waals surface area (Å²) in [4.78, 5) is 13.9. The van der Waals surface area contributed by atoms with Crippen molar-refractivity contribution in [3.63, 3.8) is 0 Å². The molecule has 1 unspecified atom stereocenters. The first-order valence-corrected chi connectivity index (χ1v) is 6.93. The van der Waals surface area contributed by atoms with E-state index in [2.05, 4.69) is 25.9 Å². The van der Waals surface area contributed by atoms with Crippen molar-refractivity contribution in [1.82, 2.24) is 4.90 Å². The van der Waals surface area contributed by atoms with Crippen LogP contribution >= 0.6 is 0 Å². The molecule has 0 aliphatic rings. The molecule has 0 bridgehead atoms. The van der Waals surface area contributed by atoms with Crippen LogP contribution in [0.3, 0.4) is 0 Å². The van der Waals surface area contributed by atoms with Gasteiger partial charge < -0.3 is 9.64 Å². The Hall–Kier alpha value is -1.35. The second-order valence-electron chi connectivity index (χ2n) is 5.38. The first-order valence-electron chi connectivity index (χ1n) is 6.93. The fourth-order valence-electron chi connectivity index (χ4n) is 2.02. The van der Waals surface area contributed by atoms with E-state index < -0.39 is 0 Å². The maximum absolute atomic E-state index is 11.7. The van der Waals surface area contributed by atoms with Gasteiger partial charge in [0, 0.05) is 24.4 Å². The monoisotopic (exact) mass is 263 g/mol. The Bertz CT molecular complexity index is 384. The van der Waals surface area contributed by atoms with Gasteiger partial charge in [0.2, 0.25) is 0 Å². The molecule has 19 heavy (non-hydrogen) atoms. The Labute approximate surface area is 116 Å². The molecular weight excluding hydrogens is 238 g/mol. The molecule has 3 heteroatoms. The third-order valence-electron chi connectivity index (χ3n) is 2.86. The van der Waals surface area contributed by atoms with Gasteiger partial charge in [0.05, 0.1) is 6.61 Å². The third-order valence-corrected chi connectivity index (χ3v) is 2.86. The predicted molar refractivity (Wildman–Crippen MR) is 78.9 cm³/mol. The number of carbonyl (C=O) groups excluding carboxylic acids is 1. The molecule has 1 aromatic carbocycles. The molecule has 0 heterocycles. The molecule has 0 aliphatic carbocycles. The highest BCUT2D eigenvalue weighted by Gasteiger charge is 2.06. The molecule has 0 radical (unpaired) electrons. The van der Waals surface area contributed by atoms with Crippen LogP contribution in [-0.4, -0.2) is 37.9 Å². The summed E-state index contributed by atoms with van der Waals surface area (Å²) in [7, 11) is 4.12. The largest absolute Gasteiger partial charge is 0.493 e. The van der Waals surface area contributed by atoms with Crippen molar-refractivity contribution < 1.29 is 9.53 Å². The van der Waals surface area contributed by atoms with Gasteiger partial charge >= 0.3 is 0 Å². The van der Waals surface area contributed by atoms with Crippen molar-refractivity contribution >= 4 is 5.78 Å². The molecular formula is C16H25NO2. The molecule has 1 atom stereocenters. The van der Waals surface area contributed by atoms with Gasteiger partial charge in [-0.2, -0.15) is 0 Å². The summed E-state index contributed by atoms with van der Waals surface area (Å²) < 4.78 is 5.73. The fourth-order valence-corrected chi connectivity index (χ4v) is 2.02. The van der Waals surface area contributed by atoms with Gasteiger partial charge in [-0.3, -0.25) is 4.79 Å². The first kappa shape index (κ1) is 15.7. The van der Waals surface area contributed by atoms with Crippen LogP contribution in [0.2, 0.25) is 0 Å². The average molecular weight is 263 g/mol. The van der Waals surface area contributed by atoms with Gasteiger partial charge in [0.1, 0.15) is 5.75 Å². The van der Waals surface area contributed by atoms with E-state index in [-0.39, 0.29) is 5.78 Å². The minimum Gasteiger partial charge on any atom is -0.493 e. The summed E-state index contributed by atoms with van der Waals surface area (Å²) in [5.74, 6) is 1.52. The zero-order chi connectivity index (χ0) is 14.3. The molecule has 3 nitrogen and oxygen atoms in total. The van der Waals surface area contributed by atoms with E-state index >= 15 is 0 Å². The van der Waals surface area contributed by atoms with Crippen molar-refractivity contribution in [3.8, 4) is 5.75 Å². The van der Waals surface area contributed by atoms with E-state index in [4.69, 9.17) is 4.74 Å². The smallest absolute Gasteiger partial charge is 0.162 e. The van der Waals surface area contributed by atoms with E-state index in [1.807, 2.05) is 31.2 Å². The van der Waals surface area contributed by atoms with Gasteiger partial charge in [-0.15, -0.1) is 0 Å². The predicted octanol–water partition coefficient (Wildman–Crippen LogP) is 3.25. The van der Waals surface area contributed by atoms with Crippen LogP contribution in [0.5, 0.6) is 5.75 Å². The van der Waals surface area contributed by atoms with Crippen LogP contribution in [0, 0.1) is 5.92 Å². The van der Waals surface area contributed by atoms with Crippen molar-refractivity contribution in [2.24, 2.45) is 5.92 Å². The molecule has 0 aliphatic heterocycles. The lowest BCUT2D eigenvalue weighted by molar-refractivity contribution is 0.0981. The lowest BCUT2D eigenvalue weighted by atomic mass is 10.1. The summed E-state index contributed by atoms with van der Waals surface area (Å²) in [6, 6.07) is 7.46. The maximum atomic E-state index is 11.7.